The normalized spacial score (nSPS) is 11.5. The third-order valence-electron chi connectivity index (χ3n) is 2.66. The van der Waals surface area contributed by atoms with Crippen LogP contribution in [-0.4, -0.2) is 29.3 Å². The Kier molecular flexibility index (Phi) is 8.44. The summed E-state index contributed by atoms with van der Waals surface area (Å²) in [4.78, 5) is 1.71. The Labute approximate surface area is 159 Å². The smallest absolute Gasteiger partial charge is 0.207 e. The van der Waals surface area contributed by atoms with E-state index in [0.717, 1.165) is 12.1 Å². The van der Waals surface area contributed by atoms with Crippen LogP contribution in [0.15, 0.2) is 68.1 Å². The fourth-order valence-electron chi connectivity index (χ4n) is 1.64. The molecule has 0 heterocycles. The van der Waals surface area contributed by atoms with Gasteiger partial charge in [-0.1, -0.05) is 24.3 Å². The van der Waals surface area contributed by atoms with Crippen molar-refractivity contribution in [3.05, 3.63) is 48.5 Å². The van der Waals surface area contributed by atoms with Gasteiger partial charge in [-0.25, -0.2) is 16.8 Å². The molecule has 0 unspecified atom stereocenters. The molecule has 0 aliphatic rings. The van der Waals surface area contributed by atoms with E-state index in [1.165, 1.54) is 21.9 Å². The van der Waals surface area contributed by atoms with Gasteiger partial charge in [-0.15, -0.1) is 23.5 Å². The summed E-state index contributed by atoms with van der Waals surface area (Å²) in [5.74, 6) is 0. The van der Waals surface area contributed by atoms with Crippen molar-refractivity contribution in [1.29, 1.82) is 0 Å². The average molecular weight is 445 g/mol. The Morgan fingerprint density at radius 2 is 0.958 bits per heavy atom. The van der Waals surface area contributed by atoms with Gasteiger partial charge in [0, 0.05) is 31.2 Å². The number of benzene rings is 2. The van der Waals surface area contributed by atoms with Gasteiger partial charge < -0.3 is 0 Å². The number of hydrogen-bond acceptors (Lipinski definition) is 6. The predicted molar refractivity (Wildman–Crippen MR) is 103 cm³/mol. The SMILES string of the molecule is CSc1ccccc1SC.O=S(=O)(Cl)c1ccccc1S(=O)(=O)Cl. The molecular formula is C14H14Cl2O4S4. The van der Waals surface area contributed by atoms with Crippen molar-refractivity contribution in [3.63, 3.8) is 0 Å². The Bertz CT molecular complexity index is 822. The summed E-state index contributed by atoms with van der Waals surface area (Å²) in [6.07, 6.45) is 4.21. The van der Waals surface area contributed by atoms with E-state index >= 15 is 0 Å². The molecule has 0 amide bonds. The lowest BCUT2D eigenvalue weighted by molar-refractivity contribution is 0.597. The number of thioether (sulfide) groups is 2. The minimum atomic E-state index is -4.11. The first kappa shape index (κ1) is 21.7. The first-order valence-corrected chi connectivity index (χ1v) is 13.3. The van der Waals surface area contributed by atoms with Gasteiger partial charge in [0.25, 0.3) is 18.1 Å². The van der Waals surface area contributed by atoms with E-state index < -0.39 is 27.9 Å². The van der Waals surface area contributed by atoms with E-state index in [1.807, 2.05) is 0 Å². The van der Waals surface area contributed by atoms with Crippen LogP contribution in [0.25, 0.3) is 0 Å². The fourth-order valence-corrected chi connectivity index (χ4v) is 5.95. The van der Waals surface area contributed by atoms with Gasteiger partial charge in [0.05, 0.1) is 0 Å². The molecule has 0 saturated carbocycles. The summed E-state index contributed by atoms with van der Waals surface area (Å²) in [6, 6.07) is 13.3. The maximum Gasteiger partial charge on any atom is 0.262 e. The molecule has 10 heteroatoms. The summed E-state index contributed by atoms with van der Waals surface area (Å²) in [5.41, 5.74) is 0. The molecule has 2 aromatic carbocycles. The van der Waals surface area contributed by atoms with Gasteiger partial charge >= 0.3 is 0 Å². The average Bonchev–Trinajstić information content (AvgIpc) is 2.53. The van der Waals surface area contributed by atoms with Crippen LogP contribution >= 0.6 is 44.9 Å². The predicted octanol–water partition coefficient (Wildman–Crippen LogP) is 4.67. The topological polar surface area (TPSA) is 68.3 Å². The van der Waals surface area contributed by atoms with Crippen LogP contribution in [0.5, 0.6) is 0 Å². The lowest BCUT2D eigenvalue weighted by atomic mass is 10.4. The van der Waals surface area contributed by atoms with Gasteiger partial charge in [0.15, 0.2) is 0 Å². The van der Waals surface area contributed by atoms with Crippen LogP contribution in [0, 0.1) is 0 Å². The minimum Gasteiger partial charge on any atom is -0.207 e. The molecule has 0 aliphatic heterocycles. The largest absolute Gasteiger partial charge is 0.262 e. The second-order valence-electron chi connectivity index (χ2n) is 4.18. The standard InChI is InChI=1S/C8H10S2.C6H4Cl2O4S2/c1-9-7-5-3-4-6-8(7)10-2;7-13(9,10)5-3-1-2-4-6(5)14(8,11)12/h3-6H,1-2H3;1-4H. The molecule has 24 heavy (non-hydrogen) atoms. The minimum absolute atomic E-state index is 0.517. The molecule has 132 valence electrons. The van der Waals surface area contributed by atoms with Crippen LogP contribution in [0.2, 0.25) is 0 Å². The number of hydrogen-bond donors (Lipinski definition) is 0. The van der Waals surface area contributed by atoms with Crippen LogP contribution in [0.1, 0.15) is 0 Å². The Morgan fingerprint density at radius 3 is 1.21 bits per heavy atom. The fraction of sp³-hybridized carbons (Fsp3) is 0.143. The highest BCUT2D eigenvalue weighted by Gasteiger charge is 2.22. The third-order valence-corrected chi connectivity index (χ3v) is 7.27. The monoisotopic (exact) mass is 444 g/mol. The molecule has 4 nitrogen and oxygen atoms in total. The van der Waals surface area contributed by atoms with Gasteiger partial charge in [-0.3, -0.25) is 0 Å². The molecule has 0 atom stereocenters. The second kappa shape index (κ2) is 9.35. The molecule has 0 bridgehead atoms. The zero-order valence-electron chi connectivity index (χ0n) is 12.6. The molecule has 0 N–H and O–H groups in total. The van der Waals surface area contributed by atoms with Gasteiger partial charge in [-0.05, 0) is 36.8 Å². The summed E-state index contributed by atoms with van der Waals surface area (Å²) in [5, 5.41) is 0. The highest BCUT2D eigenvalue weighted by Crippen LogP contribution is 2.27. The van der Waals surface area contributed by atoms with Crippen LogP contribution in [0.4, 0.5) is 0 Å². The molecule has 0 aliphatic carbocycles. The van der Waals surface area contributed by atoms with E-state index in [4.69, 9.17) is 21.4 Å². The maximum absolute atomic E-state index is 10.9. The Hall–Kier alpha value is -0.380. The zero-order chi connectivity index (χ0) is 18.4. The van der Waals surface area contributed by atoms with Crippen molar-refractivity contribution < 1.29 is 16.8 Å². The lowest BCUT2D eigenvalue weighted by Crippen LogP contribution is -2.00. The molecule has 0 saturated heterocycles. The van der Waals surface area contributed by atoms with E-state index in [-0.39, 0.29) is 0 Å². The zero-order valence-corrected chi connectivity index (χ0v) is 17.4. The summed E-state index contributed by atoms with van der Waals surface area (Å²) in [6.45, 7) is 0. The number of rotatable bonds is 4. The van der Waals surface area contributed by atoms with Gasteiger partial charge in [-0.2, -0.15) is 0 Å². The first-order valence-electron chi connectivity index (χ1n) is 6.26. The van der Waals surface area contributed by atoms with Crippen LogP contribution in [-0.2, 0) is 18.1 Å². The van der Waals surface area contributed by atoms with Crippen LogP contribution < -0.4 is 0 Å². The van der Waals surface area contributed by atoms with Crippen molar-refractivity contribution >= 4 is 63.0 Å². The molecule has 0 radical (unpaired) electrons. The molecule has 0 fully saturated rings. The molecular weight excluding hydrogens is 431 g/mol. The van der Waals surface area contributed by atoms with Crippen molar-refractivity contribution in [2.75, 3.05) is 12.5 Å². The lowest BCUT2D eigenvalue weighted by Gasteiger charge is -2.01. The van der Waals surface area contributed by atoms with Crippen molar-refractivity contribution in [2.24, 2.45) is 0 Å². The van der Waals surface area contributed by atoms with E-state index in [9.17, 15) is 16.8 Å². The summed E-state index contributed by atoms with van der Waals surface area (Å²) in [7, 11) is 1.82. The van der Waals surface area contributed by atoms with Crippen molar-refractivity contribution in [2.45, 2.75) is 19.6 Å². The summed E-state index contributed by atoms with van der Waals surface area (Å²) >= 11 is 3.60. The highest BCUT2D eigenvalue weighted by atomic mass is 35.7. The Morgan fingerprint density at radius 1 is 0.667 bits per heavy atom. The van der Waals surface area contributed by atoms with Gasteiger partial charge in [0.1, 0.15) is 9.79 Å². The molecule has 0 aromatic heterocycles. The van der Waals surface area contributed by atoms with Crippen molar-refractivity contribution in [3.8, 4) is 0 Å². The first-order chi connectivity index (χ1) is 11.1. The van der Waals surface area contributed by atoms with E-state index in [2.05, 4.69) is 36.8 Å². The summed E-state index contributed by atoms with van der Waals surface area (Å²) < 4.78 is 43.8. The quantitative estimate of drug-likeness (QED) is 0.503. The Balaban J connectivity index is 0.000000254. The second-order valence-corrected chi connectivity index (χ2v) is 10.9. The van der Waals surface area contributed by atoms with Crippen LogP contribution in [0.3, 0.4) is 0 Å². The van der Waals surface area contributed by atoms with E-state index in [0.29, 0.717) is 0 Å². The number of halogens is 2. The highest BCUT2D eigenvalue weighted by molar-refractivity contribution is 8.16. The van der Waals surface area contributed by atoms with Crippen molar-refractivity contribution in [1.82, 2.24) is 0 Å². The molecule has 0 spiro atoms. The molecule has 2 aromatic rings. The maximum atomic E-state index is 10.9. The van der Waals surface area contributed by atoms with E-state index in [1.54, 1.807) is 23.5 Å². The third kappa shape index (κ3) is 6.50. The molecule has 2 rings (SSSR count). The van der Waals surface area contributed by atoms with Gasteiger partial charge in [0.2, 0.25) is 0 Å².